The van der Waals surface area contributed by atoms with E-state index in [1.54, 1.807) is 23.5 Å². The number of hydrogen-bond acceptors (Lipinski definition) is 3. The second kappa shape index (κ2) is 4.94. The molecule has 100 valence electrons. The first-order chi connectivity index (χ1) is 9.19. The highest BCUT2D eigenvalue weighted by Gasteiger charge is 2.20. The highest BCUT2D eigenvalue weighted by Crippen LogP contribution is 2.36. The summed E-state index contributed by atoms with van der Waals surface area (Å²) >= 11 is 1.64. The lowest BCUT2D eigenvalue weighted by molar-refractivity contribution is 0.223. The van der Waals surface area contributed by atoms with Gasteiger partial charge in [-0.05, 0) is 48.6 Å². The van der Waals surface area contributed by atoms with E-state index in [-0.39, 0.29) is 5.75 Å². The summed E-state index contributed by atoms with van der Waals surface area (Å²) in [6.07, 6.45) is 2.64. The van der Waals surface area contributed by atoms with Gasteiger partial charge in [0.2, 0.25) is 0 Å². The van der Waals surface area contributed by atoms with E-state index in [9.17, 15) is 9.50 Å². The molecule has 1 aliphatic rings. The van der Waals surface area contributed by atoms with Gasteiger partial charge < -0.3 is 9.84 Å². The fourth-order valence-electron chi connectivity index (χ4n) is 2.50. The van der Waals surface area contributed by atoms with Crippen molar-refractivity contribution in [2.24, 2.45) is 0 Å². The third kappa shape index (κ3) is 2.26. The number of aryl methyl sites for hydroxylation is 2. The molecule has 0 amide bonds. The molecule has 1 unspecified atom stereocenters. The Kier molecular flexibility index (Phi) is 3.29. The van der Waals surface area contributed by atoms with Gasteiger partial charge in [0.05, 0.1) is 7.11 Å². The van der Waals surface area contributed by atoms with E-state index in [0.717, 1.165) is 17.7 Å². The van der Waals surface area contributed by atoms with Crippen LogP contribution in [-0.4, -0.2) is 12.2 Å². The van der Waals surface area contributed by atoms with Crippen molar-refractivity contribution >= 4 is 11.3 Å². The molecule has 1 N–H and O–H groups in total. The Morgan fingerprint density at radius 3 is 2.84 bits per heavy atom. The number of ether oxygens (including phenoxy) is 1. The summed E-state index contributed by atoms with van der Waals surface area (Å²) in [4.78, 5) is 2.26. The van der Waals surface area contributed by atoms with Crippen LogP contribution in [0.2, 0.25) is 0 Å². The number of aliphatic hydroxyl groups excluding tert-OH is 1. The van der Waals surface area contributed by atoms with Crippen molar-refractivity contribution in [1.82, 2.24) is 0 Å². The third-order valence-electron chi connectivity index (χ3n) is 3.53. The Hall–Kier alpha value is -1.39. The van der Waals surface area contributed by atoms with E-state index in [4.69, 9.17) is 4.74 Å². The minimum absolute atomic E-state index is 0.199. The fourth-order valence-corrected chi connectivity index (χ4v) is 3.78. The van der Waals surface area contributed by atoms with Crippen LogP contribution < -0.4 is 4.74 Å². The van der Waals surface area contributed by atoms with Gasteiger partial charge in [-0.3, -0.25) is 0 Å². The van der Waals surface area contributed by atoms with Crippen LogP contribution in [0.5, 0.6) is 5.75 Å². The number of fused-ring (bicyclic) bond motifs is 1. The lowest BCUT2D eigenvalue weighted by Crippen LogP contribution is -1.99. The zero-order valence-corrected chi connectivity index (χ0v) is 11.5. The Morgan fingerprint density at radius 2 is 2.16 bits per heavy atom. The number of methoxy groups -OCH3 is 1. The van der Waals surface area contributed by atoms with Crippen LogP contribution >= 0.6 is 11.3 Å². The second-order valence-electron chi connectivity index (χ2n) is 4.75. The molecule has 0 fully saturated rings. The van der Waals surface area contributed by atoms with Crippen molar-refractivity contribution in [2.75, 3.05) is 7.11 Å². The number of aliphatic hydroxyl groups is 1. The molecule has 0 saturated carbocycles. The van der Waals surface area contributed by atoms with Gasteiger partial charge >= 0.3 is 0 Å². The van der Waals surface area contributed by atoms with Gasteiger partial charge in [0, 0.05) is 9.75 Å². The van der Waals surface area contributed by atoms with Gasteiger partial charge in [0.1, 0.15) is 6.10 Å². The van der Waals surface area contributed by atoms with Crippen LogP contribution in [0.1, 0.15) is 33.4 Å². The van der Waals surface area contributed by atoms with Crippen LogP contribution in [0.3, 0.4) is 0 Å². The first-order valence-electron chi connectivity index (χ1n) is 6.32. The molecule has 0 bridgehead atoms. The largest absolute Gasteiger partial charge is 0.494 e. The number of rotatable bonds is 3. The highest BCUT2D eigenvalue weighted by atomic mass is 32.1. The van der Waals surface area contributed by atoms with Crippen LogP contribution in [0.25, 0.3) is 0 Å². The van der Waals surface area contributed by atoms with Crippen molar-refractivity contribution < 1.29 is 14.2 Å². The maximum Gasteiger partial charge on any atom is 0.165 e. The van der Waals surface area contributed by atoms with Crippen molar-refractivity contribution in [1.29, 1.82) is 0 Å². The highest BCUT2D eigenvalue weighted by molar-refractivity contribution is 7.12. The lowest BCUT2D eigenvalue weighted by atomic mass is 10.1. The summed E-state index contributed by atoms with van der Waals surface area (Å²) in [5.74, 6) is -0.243. The monoisotopic (exact) mass is 278 g/mol. The first kappa shape index (κ1) is 12.6. The summed E-state index contributed by atoms with van der Waals surface area (Å²) in [6.45, 7) is 0. The average Bonchev–Trinajstić information content (AvgIpc) is 2.98. The Morgan fingerprint density at radius 1 is 1.32 bits per heavy atom. The molecule has 2 aromatic rings. The summed E-state index contributed by atoms with van der Waals surface area (Å²) in [5, 5.41) is 10.3. The van der Waals surface area contributed by atoms with Gasteiger partial charge in [-0.2, -0.15) is 0 Å². The van der Waals surface area contributed by atoms with Crippen LogP contribution in [0, 0.1) is 5.82 Å². The standard InChI is InChI=1S/C15H15FO2S/c1-18-12-6-5-10(7-11(12)16)15(17)14-8-9-3-2-4-13(9)19-14/h5-8,15,17H,2-4H2,1H3. The topological polar surface area (TPSA) is 29.5 Å². The van der Waals surface area contributed by atoms with Gasteiger partial charge in [0.15, 0.2) is 11.6 Å². The molecule has 0 saturated heterocycles. The summed E-state index contributed by atoms with van der Waals surface area (Å²) in [7, 11) is 1.43. The van der Waals surface area contributed by atoms with Crippen molar-refractivity contribution in [2.45, 2.75) is 25.4 Å². The molecule has 1 atom stereocenters. The van der Waals surface area contributed by atoms with E-state index in [1.807, 2.05) is 0 Å². The van der Waals surface area contributed by atoms with E-state index < -0.39 is 11.9 Å². The molecule has 2 nitrogen and oxygen atoms in total. The molecule has 1 aromatic heterocycles. The SMILES string of the molecule is COc1ccc(C(O)c2cc3c(s2)CCC3)cc1F. The summed E-state index contributed by atoms with van der Waals surface area (Å²) < 4.78 is 18.5. The minimum atomic E-state index is -0.754. The summed E-state index contributed by atoms with van der Waals surface area (Å²) in [5.41, 5.74) is 1.91. The number of halogens is 1. The van der Waals surface area contributed by atoms with E-state index in [1.165, 1.54) is 30.0 Å². The van der Waals surface area contributed by atoms with E-state index >= 15 is 0 Å². The molecule has 0 aliphatic heterocycles. The predicted molar refractivity (Wildman–Crippen MR) is 73.4 cm³/mol. The molecule has 0 radical (unpaired) electrons. The van der Waals surface area contributed by atoms with Gasteiger partial charge in [-0.25, -0.2) is 4.39 Å². The second-order valence-corrected chi connectivity index (χ2v) is 5.92. The molecule has 3 rings (SSSR count). The fraction of sp³-hybridized carbons (Fsp3) is 0.333. The van der Waals surface area contributed by atoms with Crippen LogP contribution in [0.15, 0.2) is 24.3 Å². The van der Waals surface area contributed by atoms with Crippen LogP contribution in [0.4, 0.5) is 4.39 Å². The van der Waals surface area contributed by atoms with Crippen molar-refractivity contribution in [3.63, 3.8) is 0 Å². The van der Waals surface area contributed by atoms with Crippen molar-refractivity contribution in [3.8, 4) is 5.75 Å². The quantitative estimate of drug-likeness (QED) is 0.931. The van der Waals surface area contributed by atoms with Crippen molar-refractivity contribution in [3.05, 3.63) is 51.0 Å². The Labute approximate surface area is 115 Å². The smallest absolute Gasteiger partial charge is 0.165 e. The predicted octanol–water partition coefficient (Wildman–Crippen LogP) is 3.47. The number of benzene rings is 1. The first-order valence-corrected chi connectivity index (χ1v) is 7.13. The zero-order chi connectivity index (χ0) is 13.4. The van der Waals surface area contributed by atoms with E-state index in [0.29, 0.717) is 5.56 Å². The normalized spacial score (nSPS) is 15.3. The number of hydrogen-bond donors (Lipinski definition) is 1. The van der Waals surface area contributed by atoms with Gasteiger partial charge in [-0.15, -0.1) is 11.3 Å². The summed E-state index contributed by atoms with van der Waals surface area (Å²) in [6, 6.07) is 6.65. The minimum Gasteiger partial charge on any atom is -0.494 e. The van der Waals surface area contributed by atoms with Gasteiger partial charge in [0.25, 0.3) is 0 Å². The molecular formula is C15H15FO2S. The molecule has 4 heteroatoms. The third-order valence-corrected chi connectivity index (χ3v) is 4.82. The lowest BCUT2D eigenvalue weighted by Gasteiger charge is -2.10. The molecule has 0 spiro atoms. The maximum absolute atomic E-state index is 13.7. The molecule has 1 aliphatic carbocycles. The Balaban J connectivity index is 1.90. The molecule has 19 heavy (non-hydrogen) atoms. The zero-order valence-electron chi connectivity index (χ0n) is 10.6. The average molecular weight is 278 g/mol. The molecule has 1 heterocycles. The molecule has 1 aromatic carbocycles. The maximum atomic E-state index is 13.7. The number of thiophene rings is 1. The van der Waals surface area contributed by atoms with E-state index in [2.05, 4.69) is 6.07 Å². The Bertz CT molecular complexity index is 585. The molecular weight excluding hydrogens is 263 g/mol. The van der Waals surface area contributed by atoms with Gasteiger partial charge in [-0.1, -0.05) is 6.07 Å². The van der Waals surface area contributed by atoms with Crippen LogP contribution in [-0.2, 0) is 12.8 Å².